The Balaban J connectivity index is 1.29. The van der Waals surface area contributed by atoms with Crippen molar-refractivity contribution in [3.05, 3.63) is 59.3 Å². The standard InChI is InChI=1S/C29H31ClFN7O3/c1-18(2)38-24-14-19(13-23(31)28(24)34-25(38)16-36-7-10-40-11-8-36)27-22(30)15-32-29(35-27)33-20-3-5-21(6-4-20)37-9-12-41-17-26(37)39/h3-6,13-15,18H,7-12,16-17H2,1-2H3,(H,32,33,35). The minimum absolute atomic E-state index is 0.0690. The number of hydrogen-bond donors (Lipinski definition) is 1. The zero-order chi connectivity index (χ0) is 28.5. The summed E-state index contributed by atoms with van der Waals surface area (Å²) in [6.45, 7) is 8.84. The minimum Gasteiger partial charge on any atom is -0.379 e. The van der Waals surface area contributed by atoms with Gasteiger partial charge in [0.05, 0.1) is 48.8 Å². The van der Waals surface area contributed by atoms with Crippen molar-refractivity contribution in [1.82, 2.24) is 24.4 Å². The molecule has 10 nitrogen and oxygen atoms in total. The summed E-state index contributed by atoms with van der Waals surface area (Å²) < 4.78 is 28.3. The number of benzene rings is 2. The lowest BCUT2D eigenvalue weighted by molar-refractivity contribution is -0.125. The summed E-state index contributed by atoms with van der Waals surface area (Å²) in [5, 5.41) is 3.48. The number of hydrogen-bond acceptors (Lipinski definition) is 8. The number of carbonyl (C=O) groups excluding carboxylic acids is 1. The van der Waals surface area contributed by atoms with Crippen molar-refractivity contribution in [3.63, 3.8) is 0 Å². The summed E-state index contributed by atoms with van der Waals surface area (Å²) in [6, 6.07) is 10.8. The van der Waals surface area contributed by atoms with Gasteiger partial charge in [-0.15, -0.1) is 0 Å². The van der Waals surface area contributed by atoms with Crippen molar-refractivity contribution in [1.29, 1.82) is 0 Å². The van der Waals surface area contributed by atoms with Crippen molar-refractivity contribution < 1.29 is 18.7 Å². The van der Waals surface area contributed by atoms with Crippen molar-refractivity contribution in [2.75, 3.05) is 56.3 Å². The lowest BCUT2D eigenvalue weighted by atomic mass is 10.1. The van der Waals surface area contributed by atoms with Gasteiger partial charge in [0, 0.05) is 42.6 Å². The lowest BCUT2D eigenvalue weighted by Crippen LogP contribution is -2.41. The zero-order valence-electron chi connectivity index (χ0n) is 22.9. The molecule has 12 heteroatoms. The molecule has 41 heavy (non-hydrogen) atoms. The number of imidazole rings is 1. The third kappa shape index (κ3) is 5.76. The van der Waals surface area contributed by atoms with Crippen molar-refractivity contribution in [2.24, 2.45) is 0 Å². The molecule has 1 amide bonds. The first-order valence-corrected chi connectivity index (χ1v) is 14.0. The minimum atomic E-state index is -0.433. The van der Waals surface area contributed by atoms with E-state index in [1.807, 2.05) is 30.3 Å². The molecule has 2 aliphatic rings. The number of nitrogens with zero attached hydrogens (tertiary/aromatic N) is 6. The number of aromatic nitrogens is 4. The molecule has 0 aliphatic carbocycles. The van der Waals surface area contributed by atoms with E-state index in [1.54, 1.807) is 4.90 Å². The number of halogens is 2. The van der Waals surface area contributed by atoms with Crippen LogP contribution in [0.25, 0.3) is 22.3 Å². The van der Waals surface area contributed by atoms with Crippen LogP contribution in [0.4, 0.5) is 21.7 Å². The van der Waals surface area contributed by atoms with Crippen LogP contribution in [0.5, 0.6) is 0 Å². The van der Waals surface area contributed by atoms with Crippen LogP contribution in [0.2, 0.25) is 5.02 Å². The molecule has 4 heterocycles. The first-order valence-electron chi connectivity index (χ1n) is 13.7. The molecule has 0 saturated carbocycles. The van der Waals surface area contributed by atoms with Gasteiger partial charge in [0.2, 0.25) is 5.95 Å². The summed E-state index contributed by atoms with van der Waals surface area (Å²) in [5.41, 5.74) is 3.48. The highest BCUT2D eigenvalue weighted by atomic mass is 35.5. The van der Waals surface area contributed by atoms with Crippen LogP contribution in [-0.4, -0.2) is 76.4 Å². The highest BCUT2D eigenvalue weighted by Gasteiger charge is 2.23. The first-order chi connectivity index (χ1) is 19.9. The molecule has 2 saturated heterocycles. The molecule has 4 aromatic rings. The van der Waals surface area contributed by atoms with Crippen molar-refractivity contribution in [2.45, 2.75) is 26.4 Å². The monoisotopic (exact) mass is 579 g/mol. The molecule has 2 fully saturated rings. The maximum atomic E-state index is 15.5. The molecule has 0 bridgehead atoms. The number of ether oxygens (including phenoxy) is 2. The molecule has 1 N–H and O–H groups in total. The number of anilines is 3. The Bertz CT molecular complexity index is 1570. The fraction of sp³-hybridized carbons (Fsp3) is 0.379. The second-order valence-electron chi connectivity index (χ2n) is 10.4. The molecule has 6 rings (SSSR count). The summed E-state index contributed by atoms with van der Waals surface area (Å²) in [6.07, 6.45) is 1.50. The predicted molar refractivity (Wildman–Crippen MR) is 155 cm³/mol. The highest BCUT2D eigenvalue weighted by molar-refractivity contribution is 6.33. The Kier molecular flexibility index (Phi) is 7.85. The van der Waals surface area contributed by atoms with Crippen molar-refractivity contribution >= 4 is 45.9 Å². The summed E-state index contributed by atoms with van der Waals surface area (Å²) >= 11 is 6.53. The molecule has 0 atom stereocenters. The van der Waals surface area contributed by atoms with E-state index in [4.69, 9.17) is 26.1 Å². The SMILES string of the molecule is CC(C)n1c(CN2CCOCC2)nc2c(F)cc(-c3nc(Nc4ccc(N5CCOCC5=O)cc4)ncc3Cl)cc21. The Morgan fingerprint density at radius 1 is 1.05 bits per heavy atom. The number of fused-ring (bicyclic) bond motifs is 1. The van der Waals surface area contributed by atoms with Crippen molar-refractivity contribution in [3.8, 4) is 11.3 Å². The van der Waals surface area contributed by atoms with E-state index in [0.29, 0.717) is 66.2 Å². The number of morpholine rings is 2. The van der Waals surface area contributed by atoms with Gasteiger partial charge in [-0.05, 0) is 50.2 Å². The predicted octanol–water partition coefficient (Wildman–Crippen LogP) is 4.81. The van der Waals surface area contributed by atoms with E-state index < -0.39 is 5.82 Å². The zero-order valence-corrected chi connectivity index (χ0v) is 23.7. The summed E-state index contributed by atoms with van der Waals surface area (Å²) in [7, 11) is 0. The molecule has 2 aliphatic heterocycles. The van der Waals surface area contributed by atoms with Crippen LogP contribution in [-0.2, 0) is 20.8 Å². The van der Waals surface area contributed by atoms with Crippen LogP contribution in [0.1, 0.15) is 25.7 Å². The fourth-order valence-corrected chi connectivity index (χ4v) is 5.46. The molecule has 0 radical (unpaired) electrons. The fourth-order valence-electron chi connectivity index (χ4n) is 5.26. The average molecular weight is 580 g/mol. The van der Waals surface area contributed by atoms with E-state index in [0.717, 1.165) is 30.3 Å². The Labute approximate surface area is 242 Å². The van der Waals surface area contributed by atoms with Crippen LogP contribution >= 0.6 is 11.6 Å². The molecule has 214 valence electrons. The van der Waals surface area contributed by atoms with E-state index in [1.165, 1.54) is 12.3 Å². The molecule has 2 aromatic heterocycles. The largest absolute Gasteiger partial charge is 0.379 e. The van der Waals surface area contributed by atoms with E-state index in [2.05, 4.69) is 38.6 Å². The molecular weight excluding hydrogens is 549 g/mol. The van der Waals surface area contributed by atoms with Gasteiger partial charge in [-0.1, -0.05) is 11.6 Å². The van der Waals surface area contributed by atoms with Crippen LogP contribution in [0, 0.1) is 5.82 Å². The summed E-state index contributed by atoms with van der Waals surface area (Å²) in [4.78, 5) is 29.8. The maximum absolute atomic E-state index is 15.5. The molecule has 2 aromatic carbocycles. The third-order valence-corrected chi connectivity index (χ3v) is 7.52. The average Bonchev–Trinajstić information content (AvgIpc) is 3.34. The van der Waals surface area contributed by atoms with Gasteiger partial charge >= 0.3 is 0 Å². The second kappa shape index (κ2) is 11.7. The third-order valence-electron chi connectivity index (χ3n) is 7.25. The van der Waals surface area contributed by atoms with Gasteiger partial charge in [-0.3, -0.25) is 9.69 Å². The molecular formula is C29H31ClFN7O3. The van der Waals surface area contributed by atoms with Gasteiger partial charge < -0.3 is 24.3 Å². The lowest BCUT2D eigenvalue weighted by Gasteiger charge is -2.27. The van der Waals surface area contributed by atoms with Crippen LogP contribution in [0.15, 0.2) is 42.6 Å². The van der Waals surface area contributed by atoms with Gasteiger partial charge in [0.25, 0.3) is 5.91 Å². The summed E-state index contributed by atoms with van der Waals surface area (Å²) in [5.74, 6) is 0.619. The number of nitrogens with one attached hydrogen (secondary N) is 1. The van der Waals surface area contributed by atoms with Crippen LogP contribution < -0.4 is 10.2 Å². The second-order valence-corrected chi connectivity index (χ2v) is 10.8. The maximum Gasteiger partial charge on any atom is 0.253 e. The number of amides is 1. The van der Waals surface area contributed by atoms with Crippen LogP contribution in [0.3, 0.4) is 0 Å². The van der Waals surface area contributed by atoms with Gasteiger partial charge in [-0.25, -0.2) is 19.3 Å². The molecule has 0 spiro atoms. The number of carbonyl (C=O) groups is 1. The van der Waals surface area contributed by atoms with Gasteiger partial charge in [0.1, 0.15) is 17.9 Å². The number of rotatable bonds is 7. The van der Waals surface area contributed by atoms with E-state index in [-0.39, 0.29) is 18.6 Å². The van der Waals surface area contributed by atoms with E-state index in [9.17, 15) is 4.79 Å². The smallest absolute Gasteiger partial charge is 0.253 e. The Hall–Kier alpha value is -3.64. The van der Waals surface area contributed by atoms with E-state index >= 15 is 4.39 Å². The topological polar surface area (TPSA) is 97.6 Å². The first kappa shape index (κ1) is 27.5. The Morgan fingerprint density at radius 3 is 2.54 bits per heavy atom. The Morgan fingerprint density at radius 2 is 1.80 bits per heavy atom. The van der Waals surface area contributed by atoms with Gasteiger partial charge in [0.15, 0.2) is 5.82 Å². The molecule has 0 unspecified atom stereocenters. The quantitative estimate of drug-likeness (QED) is 0.333. The highest BCUT2D eigenvalue weighted by Crippen LogP contribution is 2.33. The normalized spacial score (nSPS) is 16.6. The van der Waals surface area contributed by atoms with Gasteiger partial charge in [-0.2, -0.15) is 0 Å².